The predicted molar refractivity (Wildman–Crippen MR) is 63.4 cm³/mol. The van der Waals surface area contributed by atoms with E-state index in [1.165, 1.54) is 11.3 Å². The monoisotopic (exact) mass is 232 g/mol. The van der Waals surface area contributed by atoms with Crippen LogP contribution in [-0.2, 0) is 17.6 Å². The Morgan fingerprint density at radius 3 is 3.00 bits per heavy atom. The quantitative estimate of drug-likeness (QED) is 0.794. The largest absolute Gasteiger partial charge is 0.299 e. The van der Waals surface area contributed by atoms with Crippen LogP contribution < -0.4 is 0 Å². The second-order valence-electron chi connectivity index (χ2n) is 3.50. The van der Waals surface area contributed by atoms with Crippen molar-refractivity contribution in [3.63, 3.8) is 0 Å². The highest BCUT2D eigenvalue weighted by atomic mass is 32.1. The molecule has 0 saturated carbocycles. The van der Waals surface area contributed by atoms with Gasteiger partial charge in [0.2, 0.25) is 0 Å². The lowest BCUT2D eigenvalue weighted by Gasteiger charge is -1.99. The molecule has 0 saturated heterocycles. The Kier molecular flexibility index (Phi) is 3.77. The zero-order valence-electron chi connectivity index (χ0n) is 8.80. The van der Waals surface area contributed by atoms with Crippen molar-refractivity contribution in [3.8, 4) is 0 Å². The summed E-state index contributed by atoms with van der Waals surface area (Å²) in [6.45, 7) is 0. The standard InChI is InChI=1S/C12H12N2OS/c15-11(8-12-14-6-7-16-12)4-3-10-2-1-5-13-9-10/h1-2,5-7,9H,3-4,8H2. The average Bonchev–Trinajstić information content (AvgIpc) is 2.81. The van der Waals surface area contributed by atoms with Crippen LogP contribution in [-0.4, -0.2) is 15.8 Å². The number of pyridine rings is 1. The molecule has 2 heterocycles. The molecule has 0 spiro atoms. The van der Waals surface area contributed by atoms with Gasteiger partial charge < -0.3 is 0 Å². The Morgan fingerprint density at radius 2 is 2.31 bits per heavy atom. The van der Waals surface area contributed by atoms with Crippen LogP contribution in [0.25, 0.3) is 0 Å². The Labute approximate surface area is 98.2 Å². The molecule has 0 radical (unpaired) electrons. The van der Waals surface area contributed by atoms with Crippen LogP contribution in [0.5, 0.6) is 0 Å². The lowest BCUT2D eigenvalue weighted by molar-refractivity contribution is -0.118. The van der Waals surface area contributed by atoms with Crippen LogP contribution in [0.3, 0.4) is 0 Å². The van der Waals surface area contributed by atoms with Gasteiger partial charge in [-0.1, -0.05) is 6.07 Å². The lowest BCUT2D eigenvalue weighted by Crippen LogP contribution is -2.04. The maximum Gasteiger partial charge on any atom is 0.140 e. The Hall–Kier alpha value is -1.55. The normalized spacial score (nSPS) is 10.2. The number of carbonyl (C=O) groups is 1. The second kappa shape index (κ2) is 5.51. The number of Topliss-reactive ketones (excluding diaryl/α,β-unsaturated/α-hetero) is 1. The van der Waals surface area contributed by atoms with E-state index in [1.807, 2.05) is 17.5 Å². The Bertz CT molecular complexity index is 439. The van der Waals surface area contributed by atoms with Crippen molar-refractivity contribution in [1.82, 2.24) is 9.97 Å². The smallest absolute Gasteiger partial charge is 0.140 e. The third-order valence-electron chi connectivity index (χ3n) is 2.25. The van der Waals surface area contributed by atoms with Crippen LogP contribution >= 0.6 is 11.3 Å². The van der Waals surface area contributed by atoms with E-state index in [0.29, 0.717) is 12.8 Å². The number of rotatable bonds is 5. The molecule has 0 aliphatic carbocycles. The maximum absolute atomic E-state index is 11.6. The van der Waals surface area contributed by atoms with E-state index in [1.54, 1.807) is 18.6 Å². The van der Waals surface area contributed by atoms with E-state index in [2.05, 4.69) is 9.97 Å². The minimum absolute atomic E-state index is 0.235. The summed E-state index contributed by atoms with van der Waals surface area (Å²) in [5.41, 5.74) is 1.11. The number of nitrogens with zero attached hydrogens (tertiary/aromatic N) is 2. The highest BCUT2D eigenvalue weighted by molar-refractivity contribution is 7.09. The number of hydrogen-bond acceptors (Lipinski definition) is 4. The molecule has 0 bridgehead atoms. The number of aromatic nitrogens is 2. The first-order valence-corrected chi connectivity index (χ1v) is 6.01. The van der Waals surface area contributed by atoms with Gasteiger partial charge in [0.25, 0.3) is 0 Å². The van der Waals surface area contributed by atoms with Crippen molar-refractivity contribution in [2.45, 2.75) is 19.3 Å². The predicted octanol–water partition coefficient (Wildman–Crippen LogP) is 2.28. The third-order valence-corrected chi connectivity index (χ3v) is 3.03. The Morgan fingerprint density at radius 1 is 1.38 bits per heavy atom. The fourth-order valence-corrected chi connectivity index (χ4v) is 2.07. The van der Waals surface area contributed by atoms with E-state index in [4.69, 9.17) is 0 Å². The highest BCUT2D eigenvalue weighted by Gasteiger charge is 2.05. The molecule has 2 rings (SSSR count). The molecule has 0 aliphatic heterocycles. The van der Waals surface area contributed by atoms with Crippen LogP contribution in [0.4, 0.5) is 0 Å². The summed E-state index contributed by atoms with van der Waals surface area (Å²) in [6, 6.07) is 3.88. The van der Waals surface area contributed by atoms with Crippen molar-refractivity contribution >= 4 is 17.1 Å². The van der Waals surface area contributed by atoms with Gasteiger partial charge in [0.1, 0.15) is 5.78 Å². The summed E-state index contributed by atoms with van der Waals surface area (Å²) in [4.78, 5) is 19.7. The number of hydrogen-bond donors (Lipinski definition) is 0. The SMILES string of the molecule is O=C(CCc1cccnc1)Cc1nccs1. The first kappa shape index (κ1) is 11.0. The molecular formula is C12H12N2OS. The maximum atomic E-state index is 11.6. The van der Waals surface area contributed by atoms with E-state index < -0.39 is 0 Å². The van der Waals surface area contributed by atoms with Crippen molar-refractivity contribution in [2.24, 2.45) is 0 Å². The molecule has 0 amide bonds. The molecule has 3 nitrogen and oxygen atoms in total. The minimum Gasteiger partial charge on any atom is -0.299 e. The first-order chi connectivity index (χ1) is 7.84. The van der Waals surface area contributed by atoms with Gasteiger partial charge >= 0.3 is 0 Å². The lowest BCUT2D eigenvalue weighted by atomic mass is 10.1. The number of carbonyl (C=O) groups excluding carboxylic acids is 1. The minimum atomic E-state index is 0.235. The van der Waals surface area contributed by atoms with Crippen LogP contribution in [0, 0.1) is 0 Å². The van der Waals surface area contributed by atoms with Gasteiger partial charge in [-0.05, 0) is 18.1 Å². The van der Waals surface area contributed by atoms with E-state index in [9.17, 15) is 4.79 Å². The van der Waals surface area contributed by atoms with Gasteiger partial charge in [0.15, 0.2) is 0 Å². The van der Waals surface area contributed by atoms with Crippen LogP contribution in [0.2, 0.25) is 0 Å². The molecule has 2 aromatic heterocycles. The zero-order chi connectivity index (χ0) is 11.2. The van der Waals surface area contributed by atoms with Gasteiger partial charge in [-0.15, -0.1) is 11.3 Å². The molecule has 16 heavy (non-hydrogen) atoms. The Balaban J connectivity index is 1.80. The van der Waals surface area contributed by atoms with Crippen molar-refractivity contribution in [3.05, 3.63) is 46.7 Å². The van der Waals surface area contributed by atoms with E-state index >= 15 is 0 Å². The summed E-state index contributed by atoms with van der Waals surface area (Å²) in [5, 5.41) is 2.79. The van der Waals surface area contributed by atoms with E-state index in [0.717, 1.165) is 17.0 Å². The molecule has 0 aromatic carbocycles. The number of thiazole rings is 1. The highest BCUT2D eigenvalue weighted by Crippen LogP contribution is 2.08. The fourth-order valence-electron chi connectivity index (χ4n) is 1.43. The van der Waals surface area contributed by atoms with Crippen molar-refractivity contribution in [2.75, 3.05) is 0 Å². The van der Waals surface area contributed by atoms with Gasteiger partial charge in [-0.25, -0.2) is 4.98 Å². The molecule has 2 aromatic rings. The average molecular weight is 232 g/mol. The molecule has 0 unspecified atom stereocenters. The molecule has 82 valence electrons. The summed E-state index contributed by atoms with van der Waals surface area (Å²) >= 11 is 1.53. The summed E-state index contributed by atoms with van der Waals surface area (Å²) in [7, 11) is 0. The van der Waals surface area contributed by atoms with Gasteiger partial charge in [0.05, 0.1) is 11.4 Å². The van der Waals surface area contributed by atoms with Crippen LogP contribution in [0.15, 0.2) is 36.1 Å². The third kappa shape index (κ3) is 3.24. The number of ketones is 1. The second-order valence-corrected chi connectivity index (χ2v) is 4.48. The molecule has 0 aliphatic rings. The fraction of sp³-hybridized carbons (Fsp3) is 0.250. The summed E-state index contributed by atoms with van der Waals surface area (Å²) < 4.78 is 0. The van der Waals surface area contributed by atoms with E-state index in [-0.39, 0.29) is 5.78 Å². The first-order valence-electron chi connectivity index (χ1n) is 5.13. The van der Waals surface area contributed by atoms with Gasteiger partial charge in [-0.3, -0.25) is 9.78 Å². The zero-order valence-corrected chi connectivity index (χ0v) is 9.61. The molecule has 4 heteroatoms. The molecule has 0 atom stereocenters. The molecular weight excluding hydrogens is 220 g/mol. The summed E-state index contributed by atoms with van der Waals surface area (Å²) in [6.07, 6.45) is 7.05. The topological polar surface area (TPSA) is 42.9 Å². The van der Waals surface area contributed by atoms with Crippen LogP contribution in [0.1, 0.15) is 17.0 Å². The number of aryl methyl sites for hydroxylation is 1. The summed E-state index contributed by atoms with van der Waals surface area (Å²) in [5.74, 6) is 0.235. The van der Waals surface area contributed by atoms with Crippen molar-refractivity contribution in [1.29, 1.82) is 0 Å². The van der Waals surface area contributed by atoms with Gasteiger partial charge in [-0.2, -0.15) is 0 Å². The van der Waals surface area contributed by atoms with Crippen molar-refractivity contribution < 1.29 is 4.79 Å². The van der Waals surface area contributed by atoms with Gasteiger partial charge in [0, 0.05) is 30.4 Å². The molecule has 0 N–H and O–H groups in total. The molecule has 0 fully saturated rings.